The molecule has 1 aliphatic carbocycles. The minimum Gasteiger partial charge on any atom is -0.478 e. The van der Waals surface area contributed by atoms with Crippen molar-refractivity contribution in [3.63, 3.8) is 0 Å². The molecule has 0 radical (unpaired) electrons. The van der Waals surface area contributed by atoms with Gasteiger partial charge in [-0.1, -0.05) is 57.5 Å². The highest BCUT2D eigenvalue weighted by molar-refractivity contribution is 6.00. The number of hydrogen-bond acceptors (Lipinski definition) is 6. The molecule has 0 bridgehead atoms. The Hall–Kier alpha value is -4.26. The molecule has 9 heteroatoms. The van der Waals surface area contributed by atoms with Gasteiger partial charge in [-0.15, -0.1) is 0 Å². The van der Waals surface area contributed by atoms with Crippen LogP contribution in [0, 0.1) is 17.1 Å². The standard InChI is InChI=1S/C39H46FN3O5/c1-39(2,3)36-32(38(45)46)16-17-34(37(36)42-23-31-8-4-5-18-47-31)43-35(44)20-25-10-13-27(14-11-25)28-7-6-9-30(21-28)48-24-29-15-12-26(22-41)19-33(29)40/h10-17,19,28,30-31,42H,4-9,18,20-21,23-24H2,1-3H3,(H,43,44)(H,45,46). The summed E-state index contributed by atoms with van der Waals surface area (Å²) >= 11 is 0. The fourth-order valence-corrected chi connectivity index (χ4v) is 6.86. The summed E-state index contributed by atoms with van der Waals surface area (Å²) in [6.07, 6.45) is 7.08. The molecule has 8 nitrogen and oxygen atoms in total. The molecule has 0 aromatic heterocycles. The van der Waals surface area contributed by atoms with E-state index in [4.69, 9.17) is 14.7 Å². The van der Waals surface area contributed by atoms with Crippen molar-refractivity contribution >= 4 is 23.3 Å². The highest BCUT2D eigenvalue weighted by atomic mass is 19.1. The molecule has 48 heavy (non-hydrogen) atoms. The summed E-state index contributed by atoms with van der Waals surface area (Å²) in [5, 5.41) is 25.5. The zero-order valence-electron chi connectivity index (χ0n) is 28.1. The zero-order chi connectivity index (χ0) is 34.3. The number of nitriles is 1. The molecule has 0 spiro atoms. The first-order valence-electron chi connectivity index (χ1n) is 17.0. The Morgan fingerprint density at radius 1 is 1.04 bits per heavy atom. The molecule has 1 heterocycles. The van der Waals surface area contributed by atoms with Crippen molar-refractivity contribution in [2.24, 2.45) is 0 Å². The van der Waals surface area contributed by atoms with Crippen LogP contribution in [0.1, 0.15) is 110 Å². The lowest BCUT2D eigenvalue weighted by Crippen LogP contribution is -2.29. The highest BCUT2D eigenvalue weighted by Gasteiger charge is 2.29. The Morgan fingerprint density at radius 2 is 1.83 bits per heavy atom. The number of nitrogens with one attached hydrogen (secondary N) is 2. The number of amides is 1. The molecular formula is C39H46FN3O5. The Kier molecular flexibility index (Phi) is 11.5. The summed E-state index contributed by atoms with van der Waals surface area (Å²) in [5.41, 5.74) is 4.33. The summed E-state index contributed by atoms with van der Waals surface area (Å²) in [7, 11) is 0. The molecule has 1 amide bonds. The number of anilines is 2. The Balaban J connectivity index is 1.23. The van der Waals surface area contributed by atoms with E-state index in [9.17, 15) is 19.1 Å². The lowest BCUT2D eigenvalue weighted by atomic mass is 9.81. The number of rotatable bonds is 11. The number of aromatic carboxylic acids is 1. The number of ether oxygens (including phenoxy) is 2. The van der Waals surface area contributed by atoms with E-state index in [2.05, 4.69) is 22.8 Å². The second-order valence-electron chi connectivity index (χ2n) is 14.0. The lowest BCUT2D eigenvalue weighted by Gasteiger charge is -2.30. The van der Waals surface area contributed by atoms with Gasteiger partial charge in [-0.2, -0.15) is 5.26 Å². The van der Waals surface area contributed by atoms with E-state index in [1.54, 1.807) is 24.3 Å². The molecule has 1 saturated carbocycles. The predicted molar refractivity (Wildman–Crippen MR) is 184 cm³/mol. The van der Waals surface area contributed by atoms with Gasteiger partial charge in [-0.3, -0.25) is 4.79 Å². The maximum Gasteiger partial charge on any atom is 0.336 e. The SMILES string of the molecule is CC(C)(C)c1c(C(=O)O)ccc(NC(=O)Cc2ccc(C3CCCC(OCc4ccc(C#N)cc4F)C3)cc2)c1NCC1CCCCO1. The van der Waals surface area contributed by atoms with Crippen LogP contribution in [0.5, 0.6) is 0 Å². The molecule has 3 N–H and O–H groups in total. The average molecular weight is 656 g/mol. The molecule has 3 aromatic rings. The van der Waals surface area contributed by atoms with Crippen LogP contribution in [0.15, 0.2) is 54.6 Å². The average Bonchev–Trinajstić information content (AvgIpc) is 3.07. The molecule has 2 fully saturated rings. The second-order valence-corrected chi connectivity index (χ2v) is 14.0. The number of nitrogens with zero attached hydrogens (tertiary/aromatic N) is 1. The van der Waals surface area contributed by atoms with Crippen molar-refractivity contribution < 1.29 is 28.6 Å². The molecule has 1 saturated heterocycles. The second kappa shape index (κ2) is 15.8. The number of hydrogen-bond donors (Lipinski definition) is 3. The monoisotopic (exact) mass is 655 g/mol. The highest BCUT2D eigenvalue weighted by Crippen LogP contribution is 2.39. The summed E-state index contributed by atoms with van der Waals surface area (Å²) in [4.78, 5) is 25.6. The van der Waals surface area contributed by atoms with Gasteiger partial charge in [0.05, 0.1) is 53.8 Å². The van der Waals surface area contributed by atoms with Crippen molar-refractivity contribution in [1.82, 2.24) is 0 Å². The fraction of sp³-hybridized carbons (Fsp3) is 0.462. The lowest BCUT2D eigenvalue weighted by molar-refractivity contribution is -0.115. The predicted octanol–water partition coefficient (Wildman–Crippen LogP) is 8.10. The van der Waals surface area contributed by atoms with Crippen LogP contribution < -0.4 is 10.6 Å². The molecular weight excluding hydrogens is 609 g/mol. The van der Waals surface area contributed by atoms with Crippen LogP contribution in [-0.2, 0) is 32.7 Å². The number of carbonyl (C=O) groups is 2. The minimum atomic E-state index is -1.01. The summed E-state index contributed by atoms with van der Waals surface area (Å²) in [5.74, 6) is -1.31. The van der Waals surface area contributed by atoms with E-state index in [1.165, 1.54) is 11.6 Å². The van der Waals surface area contributed by atoms with E-state index >= 15 is 0 Å². The first-order chi connectivity index (χ1) is 23.0. The number of carboxylic acids is 1. The summed E-state index contributed by atoms with van der Waals surface area (Å²) < 4.78 is 26.3. The van der Waals surface area contributed by atoms with Crippen LogP contribution >= 0.6 is 0 Å². The number of halogens is 1. The third kappa shape index (κ3) is 9.00. The third-order valence-corrected chi connectivity index (χ3v) is 9.34. The quantitative estimate of drug-likeness (QED) is 0.191. The fourth-order valence-electron chi connectivity index (χ4n) is 6.86. The summed E-state index contributed by atoms with van der Waals surface area (Å²) in [6.45, 7) is 7.33. The Bertz CT molecular complexity index is 1640. The van der Waals surface area contributed by atoms with Gasteiger partial charge in [0.2, 0.25) is 5.91 Å². The van der Waals surface area contributed by atoms with Crippen LogP contribution in [0.25, 0.3) is 0 Å². The van der Waals surface area contributed by atoms with Crippen LogP contribution in [0.2, 0.25) is 0 Å². The van der Waals surface area contributed by atoms with Crippen LogP contribution in [0.4, 0.5) is 15.8 Å². The smallest absolute Gasteiger partial charge is 0.336 e. The van der Waals surface area contributed by atoms with E-state index in [0.29, 0.717) is 47.1 Å². The summed E-state index contributed by atoms with van der Waals surface area (Å²) in [6, 6.07) is 17.8. The molecule has 5 rings (SSSR count). The molecule has 3 aromatic carbocycles. The van der Waals surface area contributed by atoms with E-state index in [-0.39, 0.29) is 36.7 Å². The van der Waals surface area contributed by atoms with Gasteiger partial charge in [-0.05, 0) is 90.8 Å². The van der Waals surface area contributed by atoms with Gasteiger partial charge >= 0.3 is 5.97 Å². The van der Waals surface area contributed by atoms with Crippen LogP contribution in [0.3, 0.4) is 0 Å². The molecule has 3 atom stereocenters. The number of carbonyl (C=O) groups excluding carboxylic acids is 1. The maximum atomic E-state index is 14.3. The maximum absolute atomic E-state index is 14.3. The number of carboxylic acid groups (broad SMARTS) is 1. The first kappa shape index (κ1) is 35.1. The Morgan fingerprint density at radius 3 is 2.50 bits per heavy atom. The van der Waals surface area contributed by atoms with Gasteiger partial charge in [0.1, 0.15) is 5.82 Å². The van der Waals surface area contributed by atoms with E-state index in [1.807, 2.05) is 39.0 Å². The largest absolute Gasteiger partial charge is 0.478 e. The minimum absolute atomic E-state index is 0.0160. The normalized spacial score (nSPS) is 19.7. The zero-order valence-corrected chi connectivity index (χ0v) is 28.1. The molecule has 2 aliphatic rings. The van der Waals surface area contributed by atoms with Gasteiger partial charge in [-0.25, -0.2) is 9.18 Å². The topological polar surface area (TPSA) is 121 Å². The van der Waals surface area contributed by atoms with Crippen molar-refractivity contribution in [3.8, 4) is 6.07 Å². The van der Waals surface area contributed by atoms with Gasteiger partial charge < -0.3 is 25.2 Å². The van der Waals surface area contributed by atoms with E-state index in [0.717, 1.165) is 50.5 Å². The van der Waals surface area contributed by atoms with Gasteiger partial charge in [0, 0.05) is 18.7 Å². The van der Waals surface area contributed by atoms with Gasteiger partial charge in [0.25, 0.3) is 0 Å². The first-order valence-corrected chi connectivity index (χ1v) is 17.0. The third-order valence-electron chi connectivity index (χ3n) is 9.34. The van der Waals surface area contributed by atoms with E-state index < -0.39 is 17.2 Å². The van der Waals surface area contributed by atoms with Gasteiger partial charge in [0.15, 0.2) is 0 Å². The molecule has 3 unspecified atom stereocenters. The van der Waals surface area contributed by atoms with Crippen molar-refractivity contribution in [1.29, 1.82) is 5.26 Å². The van der Waals surface area contributed by atoms with Crippen LogP contribution in [-0.4, -0.2) is 42.3 Å². The van der Waals surface area contributed by atoms with Crippen molar-refractivity contribution in [2.75, 3.05) is 23.8 Å². The van der Waals surface area contributed by atoms with Crippen molar-refractivity contribution in [2.45, 2.75) is 102 Å². The number of benzene rings is 3. The molecule has 254 valence electrons. The van der Waals surface area contributed by atoms with Crippen molar-refractivity contribution in [3.05, 3.63) is 93.8 Å². The molecule has 1 aliphatic heterocycles. The Labute approximate surface area is 282 Å².